The lowest BCUT2D eigenvalue weighted by Gasteiger charge is -2.15. The third kappa shape index (κ3) is 6.73. The molecule has 1 heterocycles. The Bertz CT molecular complexity index is 388. The summed E-state index contributed by atoms with van der Waals surface area (Å²) >= 11 is 0. The van der Waals surface area contributed by atoms with Crippen molar-refractivity contribution in [3.05, 3.63) is 11.9 Å². The van der Waals surface area contributed by atoms with E-state index >= 15 is 0 Å². The molecule has 0 fully saturated rings. The number of rotatable bonds is 12. The molecule has 120 valence electrons. The number of hydrogen-bond donors (Lipinski definition) is 3. The van der Waals surface area contributed by atoms with E-state index in [-0.39, 0.29) is 6.61 Å². The highest BCUT2D eigenvalue weighted by Gasteiger charge is 2.09. The Labute approximate surface area is 127 Å². The number of aliphatic hydroxyl groups is 1. The quantitative estimate of drug-likeness (QED) is 0.512. The zero-order valence-electron chi connectivity index (χ0n) is 13.2. The van der Waals surface area contributed by atoms with E-state index in [9.17, 15) is 0 Å². The van der Waals surface area contributed by atoms with Crippen molar-refractivity contribution >= 4 is 11.6 Å². The van der Waals surface area contributed by atoms with E-state index in [2.05, 4.69) is 34.4 Å². The first-order valence-corrected chi connectivity index (χ1v) is 7.83. The maximum absolute atomic E-state index is 8.63. The molecule has 0 aliphatic rings. The lowest BCUT2D eigenvalue weighted by molar-refractivity contribution is 0.0922. The largest absolute Gasteiger partial charge is 0.394 e. The summed E-state index contributed by atoms with van der Waals surface area (Å²) in [5.41, 5.74) is 1.16. The molecule has 0 aliphatic heterocycles. The second-order valence-corrected chi connectivity index (χ2v) is 4.84. The Morgan fingerprint density at radius 3 is 2.38 bits per heavy atom. The molecule has 0 aliphatic carbocycles. The molecule has 6 heteroatoms. The van der Waals surface area contributed by atoms with E-state index < -0.39 is 0 Å². The molecule has 1 rings (SSSR count). The highest BCUT2D eigenvalue weighted by molar-refractivity contribution is 5.57. The van der Waals surface area contributed by atoms with Crippen LogP contribution >= 0.6 is 0 Å². The molecule has 0 saturated carbocycles. The van der Waals surface area contributed by atoms with Crippen LogP contribution in [0.5, 0.6) is 0 Å². The zero-order valence-corrected chi connectivity index (χ0v) is 13.2. The molecule has 6 nitrogen and oxygen atoms in total. The minimum atomic E-state index is 0.0758. The van der Waals surface area contributed by atoms with Crippen LogP contribution in [0.2, 0.25) is 0 Å². The van der Waals surface area contributed by atoms with Crippen LogP contribution < -0.4 is 10.6 Å². The maximum atomic E-state index is 8.63. The molecular formula is C15H28N4O2. The van der Waals surface area contributed by atoms with Crippen molar-refractivity contribution < 1.29 is 9.84 Å². The predicted molar refractivity (Wildman–Crippen MR) is 85.8 cm³/mol. The van der Waals surface area contributed by atoms with Gasteiger partial charge in [0.15, 0.2) is 0 Å². The van der Waals surface area contributed by atoms with Gasteiger partial charge >= 0.3 is 0 Å². The first-order valence-electron chi connectivity index (χ1n) is 7.83. The topological polar surface area (TPSA) is 79.3 Å². The van der Waals surface area contributed by atoms with Gasteiger partial charge in [-0.25, -0.2) is 9.97 Å². The monoisotopic (exact) mass is 296 g/mol. The van der Waals surface area contributed by atoms with Crippen LogP contribution in [0.15, 0.2) is 6.33 Å². The molecule has 0 atom stereocenters. The summed E-state index contributed by atoms with van der Waals surface area (Å²) in [5, 5.41) is 15.4. The van der Waals surface area contributed by atoms with Gasteiger partial charge in [0.05, 0.1) is 13.2 Å². The first kappa shape index (κ1) is 17.7. The molecule has 3 N–H and O–H groups in total. The molecule has 0 spiro atoms. The van der Waals surface area contributed by atoms with E-state index in [1.165, 1.54) is 0 Å². The van der Waals surface area contributed by atoms with Crippen molar-refractivity contribution in [2.24, 2.45) is 0 Å². The van der Waals surface area contributed by atoms with E-state index in [0.29, 0.717) is 13.2 Å². The summed E-state index contributed by atoms with van der Waals surface area (Å²) in [6, 6.07) is 0. The summed E-state index contributed by atoms with van der Waals surface area (Å²) in [7, 11) is 0. The second kappa shape index (κ2) is 11.3. The number of ether oxygens (including phenoxy) is 1. The highest BCUT2D eigenvalue weighted by atomic mass is 16.5. The van der Waals surface area contributed by atoms with Crippen molar-refractivity contribution in [3.63, 3.8) is 0 Å². The van der Waals surface area contributed by atoms with Crippen molar-refractivity contribution in [1.82, 2.24) is 9.97 Å². The van der Waals surface area contributed by atoms with Gasteiger partial charge in [-0.1, -0.05) is 20.3 Å². The molecule has 0 aromatic carbocycles. The lowest BCUT2D eigenvalue weighted by Crippen LogP contribution is -2.13. The molecule has 21 heavy (non-hydrogen) atoms. The molecular weight excluding hydrogens is 268 g/mol. The van der Waals surface area contributed by atoms with Gasteiger partial charge in [-0.15, -0.1) is 0 Å². The van der Waals surface area contributed by atoms with Crippen LogP contribution in [0, 0.1) is 0 Å². The van der Waals surface area contributed by atoms with Crippen LogP contribution in [0.4, 0.5) is 11.6 Å². The number of anilines is 2. The average Bonchev–Trinajstić information content (AvgIpc) is 2.50. The number of aliphatic hydroxyl groups excluding tert-OH is 1. The van der Waals surface area contributed by atoms with Gasteiger partial charge in [0, 0.05) is 25.3 Å². The van der Waals surface area contributed by atoms with E-state index in [4.69, 9.17) is 9.84 Å². The zero-order chi connectivity index (χ0) is 15.3. The minimum Gasteiger partial charge on any atom is -0.394 e. The van der Waals surface area contributed by atoms with Crippen LogP contribution in [-0.2, 0) is 11.2 Å². The van der Waals surface area contributed by atoms with Gasteiger partial charge in [0.2, 0.25) is 0 Å². The average molecular weight is 296 g/mol. The van der Waals surface area contributed by atoms with Gasteiger partial charge in [-0.3, -0.25) is 0 Å². The van der Waals surface area contributed by atoms with E-state index in [1.807, 2.05) is 0 Å². The van der Waals surface area contributed by atoms with Crippen molar-refractivity contribution in [2.75, 3.05) is 43.5 Å². The van der Waals surface area contributed by atoms with Crippen molar-refractivity contribution in [1.29, 1.82) is 0 Å². The van der Waals surface area contributed by atoms with Crippen LogP contribution in [0.3, 0.4) is 0 Å². The Hall–Kier alpha value is -1.40. The Kier molecular flexibility index (Phi) is 9.48. The standard InChI is InChI=1S/C15H28N4O2/c1-3-6-13-14(16-7-4-2)18-12-19-15(13)17-8-5-10-21-11-9-20/h12,20H,3-11H2,1-2H3,(H2,16,17,18,19). The predicted octanol–water partition coefficient (Wildman–Crippen LogP) is 2.06. The fourth-order valence-corrected chi connectivity index (χ4v) is 1.99. The van der Waals surface area contributed by atoms with E-state index in [0.717, 1.165) is 56.0 Å². The number of nitrogens with zero attached hydrogens (tertiary/aromatic N) is 2. The summed E-state index contributed by atoms with van der Waals surface area (Å²) < 4.78 is 5.24. The highest BCUT2D eigenvalue weighted by Crippen LogP contribution is 2.21. The summed E-state index contributed by atoms with van der Waals surface area (Å²) in [6.45, 7) is 7.13. The Morgan fingerprint density at radius 1 is 1.05 bits per heavy atom. The molecule has 1 aromatic heterocycles. The van der Waals surface area contributed by atoms with E-state index in [1.54, 1.807) is 6.33 Å². The summed E-state index contributed by atoms with van der Waals surface area (Å²) in [4.78, 5) is 8.71. The Morgan fingerprint density at radius 2 is 1.76 bits per heavy atom. The van der Waals surface area contributed by atoms with Crippen molar-refractivity contribution in [2.45, 2.75) is 39.5 Å². The fourth-order valence-electron chi connectivity index (χ4n) is 1.99. The molecule has 1 aromatic rings. The fraction of sp³-hybridized carbons (Fsp3) is 0.733. The summed E-state index contributed by atoms with van der Waals surface area (Å²) in [5.74, 6) is 1.85. The molecule has 0 unspecified atom stereocenters. The molecule has 0 amide bonds. The smallest absolute Gasteiger partial charge is 0.134 e. The van der Waals surface area contributed by atoms with Gasteiger partial charge in [-0.05, 0) is 19.3 Å². The van der Waals surface area contributed by atoms with Gasteiger partial charge in [0.1, 0.15) is 18.0 Å². The minimum absolute atomic E-state index is 0.0758. The van der Waals surface area contributed by atoms with Crippen LogP contribution in [0.1, 0.15) is 38.7 Å². The first-order chi connectivity index (χ1) is 10.3. The number of nitrogens with one attached hydrogen (secondary N) is 2. The number of aromatic nitrogens is 2. The normalized spacial score (nSPS) is 10.6. The number of hydrogen-bond acceptors (Lipinski definition) is 6. The van der Waals surface area contributed by atoms with Crippen LogP contribution in [0.25, 0.3) is 0 Å². The van der Waals surface area contributed by atoms with Crippen molar-refractivity contribution in [3.8, 4) is 0 Å². The van der Waals surface area contributed by atoms with Crippen LogP contribution in [-0.4, -0.2) is 48.0 Å². The second-order valence-electron chi connectivity index (χ2n) is 4.84. The van der Waals surface area contributed by atoms with Gasteiger partial charge < -0.3 is 20.5 Å². The molecule has 0 saturated heterocycles. The Balaban J connectivity index is 2.54. The molecule has 0 radical (unpaired) electrons. The van der Waals surface area contributed by atoms with Gasteiger partial charge in [-0.2, -0.15) is 0 Å². The SMILES string of the molecule is CCCNc1ncnc(NCCCOCCO)c1CCC. The lowest BCUT2D eigenvalue weighted by atomic mass is 10.1. The third-order valence-electron chi connectivity index (χ3n) is 2.98. The summed E-state index contributed by atoms with van der Waals surface area (Å²) in [6.07, 6.45) is 5.56. The molecule has 0 bridgehead atoms. The third-order valence-corrected chi connectivity index (χ3v) is 2.98. The van der Waals surface area contributed by atoms with Gasteiger partial charge in [0.25, 0.3) is 0 Å². The maximum Gasteiger partial charge on any atom is 0.134 e.